The molecule has 2 aromatic rings. The second kappa shape index (κ2) is 8.65. The molecule has 0 unspecified atom stereocenters. The number of para-hydroxylation sites is 1. The molecule has 7 heteroatoms. The second-order valence-corrected chi connectivity index (χ2v) is 7.27. The lowest BCUT2D eigenvalue weighted by Gasteiger charge is -2.19. The molecule has 156 valence electrons. The van der Waals surface area contributed by atoms with Gasteiger partial charge in [-0.15, -0.1) is 0 Å². The van der Waals surface area contributed by atoms with Crippen molar-refractivity contribution in [3.8, 4) is 17.2 Å². The Morgan fingerprint density at radius 2 is 1.87 bits per heavy atom. The third-order valence-electron chi connectivity index (χ3n) is 5.22. The van der Waals surface area contributed by atoms with Gasteiger partial charge in [0.1, 0.15) is 17.2 Å². The van der Waals surface area contributed by atoms with E-state index in [1.54, 1.807) is 24.3 Å². The highest BCUT2D eigenvalue weighted by Gasteiger charge is 2.29. The van der Waals surface area contributed by atoms with Crippen molar-refractivity contribution in [2.45, 2.75) is 38.7 Å². The van der Waals surface area contributed by atoms with Gasteiger partial charge in [-0.2, -0.15) is 8.78 Å². The van der Waals surface area contributed by atoms with E-state index in [1.807, 2.05) is 0 Å². The van der Waals surface area contributed by atoms with Crippen LogP contribution < -0.4 is 14.2 Å². The van der Waals surface area contributed by atoms with Crippen LogP contribution in [0.25, 0.3) is 6.08 Å². The molecule has 4 rings (SSSR count). The number of halogens is 2. The van der Waals surface area contributed by atoms with Crippen molar-refractivity contribution in [1.82, 2.24) is 0 Å². The number of rotatable bonds is 5. The molecule has 0 atom stereocenters. The van der Waals surface area contributed by atoms with Gasteiger partial charge in [-0.3, -0.25) is 9.59 Å². The molecule has 0 amide bonds. The molecule has 2 aromatic carbocycles. The van der Waals surface area contributed by atoms with Crippen molar-refractivity contribution in [3.05, 3.63) is 59.4 Å². The minimum absolute atomic E-state index is 0.0222. The van der Waals surface area contributed by atoms with Gasteiger partial charge in [-0.05, 0) is 37.1 Å². The Morgan fingerprint density at radius 3 is 2.63 bits per heavy atom. The molecular weight excluding hydrogens is 394 g/mol. The predicted molar refractivity (Wildman–Crippen MR) is 105 cm³/mol. The lowest BCUT2D eigenvalue weighted by molar-refractivity contribution is -0.140. The maximum atomic E-state index is 12.6. The summed E-state index contributed by atoms with van der Waals surface area (Å²) in [6, 6.07) is 10.7. The van der Waals surface area contributed by atoms with E-state index in [0.29, 0.717) is 11.3 Å². The van der Waals surface area contributed by atoms with E-state index in [4.69, 9.17) is 9.47 Å². The Kier molecular flexibility index (Phi) is 5.79. The molecule has 0 radical (unpaired) electrons. The van der Waals surface area contributed by atoms with E-state index in [1.165, 1.54) is 24.3 Å². The summed E-state index contributed by atoms with van der Waals surface area (Å²) < 4.78 is 40.8. The average Bonchev–Trinajstić information content (AvgIpc) is 3.04. The van der Waals surface area contributed by atoms with Crippen LogP contribution >= 0.6 is 0 Å². The van der Waals surface area contributed by atoms with E-state index in [0.717, 1.165) is 32.1 Å². The van der Waals surface area contributed by atoms with Gasteiger partial charge in [0.15, 0.2) is 5.76 Å². The lowest BCUT2D eigenvalue weighted by Crippen LogP contribution is -2.22. The molecule has 2 aliphatic rings. The van der Waals surface area contributed by atoms with Crippen molar-refractivity contribution in [2.75, 3.05) is 0 Å². The molecule has 1 saturated carbocycles. The number of alkyl halides is 2. The summed E-state index contributed by atoms with van der Waals surface area (Å²) in [4.78, 5) is 25.0. The SMILES string of the molecule is O=C1/C(=C/c2ccccc2OC(F)F)Oc2cc(OC(=O)C3CCCCC3)ccc21. The maximum Gasteiger partial charge on any atom is 0.387 e. The topological polar surface area (TPSA) is 61.8 Å². The quantitative estimate of drug-likeness (QED) is 0.373. The number of carbonyl (C=O) groups excluding carboxylic acids is 2. The highest BCUT2D eigenvalue weighted by molar-refractivity contribution is 6.14. The summed E-state index contributed by atoms with van der Waals surface area (Å²) in [7, 11) is 0. The summed E-state index contributed by atoms with van der Waals surface area (Å²) in [6.45, 7) is -2.98. The first-order valence-electron chi connectivity index (χ1n) is 9.85. The van der Waals surface area contributed by atoms with Crippen molar-refractivity contribution in [2.24, 2.45) is 5.92 Å². The van der Waals surface area contributed by atoms with Crippen molar-refractivity contribution in [3.63, 3.8) is 0 Å². The molecule has 1 fully saturated rings. The van der Waals surface area contributed by atoms with Gasteiger partial charge < -0.3 is 14.2 Å². The number of ether oxygens (including phenoxy) is 3. The zero-order valence-electron chi connectivity index (χ0n) is 16.1. The standard InChI is InChI=1S/C23H20F2O5/c24-23(25)30-18-9-5-4-8-15(18)12-20-21(26)17-11-10-16(13-19(17)29-20)28-22(27)14-6-2-1-3-7-14/h4-5,8-14,23H,1-3,6-7H2/b20-12-. The summed E-state index contributed by atoms with van der Waals surface area (Å²) >= 11 is 0. The minimum atomic E-state index is -2.98. The van der Waals surface area contributed by atoms with Crippen molar-refractivity contribution in [1.29, 1.82) is 0 Å². The molecule has 1 aliphatic heterocycles. The van der Waals surface area contributed by atoms with Gasteiger partial charge in [0.25, 0.3) is 0 Å². The van der Waals surface area contributed by atoms with Gasteiger partial charge in [-0.25, -0.2) is 0 Å². The molecule has 30 heavy (non-hydrogen) atoms. The molecule has 1 aliphatic carbocycles. The van der Waals surface area contributed by atoms with E-state index in [2.05, 4.69) is 4.74 Å². The monoisotopic (exact) mass is 414 g/mol. The minimum Gasteiger partial charge on any atom is -0.452 e. The Balaban J connectivity index is 1.52. The van der Waals surface area contributed by atoms with E-state index in [9.17, 15) is 18.4 Å². The van der Waals surface area contributed by atoms with E-state index in [-0.39, 0.29) is 40.5 Å². The Labute approximate surface area is 172 Å². The fraction of sp³-hybridized carbons (Fsp3) is 0.304. The largest absolute Gasteiger partial charge is 0.452 e. The molecule has 0 bridgehead atoms. The lowest BCUT2D eigenvalue weighted by atomic mass is 9.89. The van der Waals surface area contributed by atoms with Gasteiger partial charge >= 0.3 is 12.6 Å². The van der Waals surface area contributed by atoms with Crippen molar-refractivity contribution >= 4 is 17.8 Å². The number of hydrogen-bond acceptors (Lipinski definition) is 5. The number of Topliss-reactive ketones (excluding diaryl/α,β-unsaturated/α-hetero) is 1. The number of fused-ring (bicyclic) bond motifs is 1. The number of hydrogen-bond donors (Lipinski definition) is 0. The van der Waals surface area contributed by atoms with Crippen LogP contribution in [0.4, 0.5) is 8.78 Å². The highest BCUT2D eigenvalue weighted by atomic mass is 19.3. The number of ketones is 1. The zero-order chi connectivity index (χ0) is 21.1. The van der Waals surface area contributed by atoms with Crippen LogP contribution in [-0.2, 0) is 4.79 Å². The maximum absolute atomic E-state index is 12.6. The number of carbonyl (C=O) groups is 2. The molecule has 1 heterocycles. The summed E-state index contributed by atoms with van der Waals surface area (Å²) in [6.07, 6.45) is 6.18. The number of allylic oxidation sites excluding steroid dienone is 1. The first kappa shape index (κ1) is 20.1. The fourth-order valence-corrected chi connectivity index (χ4v) is 3.71. The molecule has 0 saturated heterocycles. The second-order valence-electron chi connectivity index (χ2n) is 7.27. The Morgan fingerprint density at radius 1 is 1.10 bits per heavy atom. The van der Waals surface area contributed by atoms with Crippen LogP contribution in [0.5, 0.6) is 17.2 Å². The van der Waals surface area contributed by atoms with Crippen LogP contribution in [0.3, 0.4) is 0 Å². The van der Waals surface area contributed by atoms with Crippen LogP contribution in [0.1, 0.15) is 48.0 Å². The molecular formula is C23H20F2O5. The Hall–Kier alpha value is -3.22. The molecule has 0 N–H and O–H groups in total. The third-order valence-corrected chi connectivity index (χ3v) is 5.22. The van der Waals surface area contributed by atoms with Crippen molar-refractivity contribution < 1.29 is 32.6 Å². The normalized spacial score (nSPS) is 17.7. The molecule has 0 aromatic heterocycles. The first-order valence-corrected chi connectivity index (χ1v) is 9.85. The highest BCUT2D eigenvalue weighted by Crippen LogP contribution is 2.36. The predicted octanol–water partition coefficient (Wildman–Crippen LogP) is 5.39. The van der Waals surface area contributed by atoms with E-state index >= 15 is 0 Å². The van der Waals surface area contributed by atoms with Gasteiger partial charge in [0.2, 0.25) is 5.78 Å². The number of esters is 1. The van der Waals surface area contributed by atoms with Gasteiger partial charge in [-0.1, -0.05) is 37.5 Å². The fourth-order valence-electron chi connectivity index (χ4n) is 3.71. The van der Waals surface area contributed by atoms with Crippen LogP contribution in [0, 0.1) is 5.92 Å². The summed E-state index contributed by atoms with van der Waals surface area (Å²) in [5.41, 5.74) is 0.601. The van der Waals surface area contributed by atoms with Gasteiger partial charge in [0, 0.05) is 11.6 Å². The first-order chi connectivity index (χ1) is 14.5. The van der Waals surface area contributed by atoms with Crippen LogP contribution in [-0.4, -0.2) is 18.4 Å². The van der Waals surface area contributed by atoms with Gasteiger partial charge in [0.05, 0.1) is 11.5 Å². The van der Waals surface area contributed by atoms with E-state index < -0.39 is 6.61 Å². The summed E-state index contributed by atoms with van der Waals surface area (Å²) in [5, 5.41) is 0. The molecule has 0 spiro atoms. The summed E-state index contributed by atoms with van der Waals surface area (Å²) in [5.74, 6) is -0.279. The third kappa shape index (κ3) is 4.35. The van der Waals surface area contributed by atoms with Crippen LogP contribution in [0.2, 0.25) is 0 Å². The number of benzene rings is 2. The average molecular weight is 414 g/mol. The zero-order valence-corrected chi connectivity index (χ0v) is 16.1. The smallest absolute Gasteiger partial charge is 0.387 e. The van der Waals surface area contributed by atoms with Crippen LogP contribution in [0.15, 0.2) is 48.2 Å². The molecule has 5 nitrogen and oxygen atoms in total. The Bertz CT molecular complexity index is 993.